The van der Waals surface area contributed by atoms with E-state index in [0.29, 0.717) is 12.2 Å². The maximum absolute atomic E-state index is 10.8. The molecule has 0 radical (unpaired) electrons. The summed E-state index contributed by atoms with van der Waals surface area (Å²) < 4.78 is 0. The van der Waals surface area contributed by atoms with Crippen molar-refractivity contribution in [1.29, 1.82) is 0 Å². The van der Waals surface area contributed by atoms with Gasteiger partial charge in [0.15, 0.2) is 0 Å². The Hall–Kier alpha value is -2.14. The Balaban J connectivity index is 2.42. The van der Waals surface area contributed by atoms with Crippen LogP contribution in [-0.4, -0.2) is 33.8 Å². The molecule has 100 valence electrons. The molecule has 0 saturated carbocycles. The highest BCUT2D eigenvalue weighted by Gasteiger charge is 2.08. The van der Waals surface area contributed by atoms with Gasteiger partial charge < -0.3 is 15.5 Å². The van der Waals surface area contributed by atoms with E-state index in [2.05, 4.69) is 10.3 Å². The van der Waals surface area contributed by atoms with Gasteiger partial charge in [-0.15, -0.1) is 0 Å². The fourth-order valence-corrected chi connectivity index (χ4v) is 1.88. The van der Waals surface area contributed by atoms with E-state index in [0.717, 1.165) is 16.6 Å². The number of aliphatic hydroxyl groups is 1. The first-order valence-corrected chi connectivity index (χ1v) is 6.08. The molecular formula is C14H16N2O3. The number of nitrogens with zero attached hydrogens (tertiary/aromatic N) is 1. The molecule has 0 fully saturated rings. The standard InChI is InChI=1S/C14H16N2O3/c1-9(17)8-15-13-6-10(7-14(18)19)16-12-5-3-2-4-11(12)13/h2-6,9,17H,7-8H2,1H3,(H,15,16)(H,18,19). The van der Waals surface area contributed by atoms with E-state index in [9.17, 15) is 9.90 Å². The number of pyridine rings is 1. The van der Waals surface area contributed by atoms with Crippen molar-refractivity contribution in [3.8, 4) is 0 Å². The lowest BCUT2D eigenvalue weighted by Crippen LogP contribution is -2.16. The highest BCUT2D eigenvalue weighted by Crippen LogP contribution is 2.23. The molecule has 1 atom stereocenters. The first-order valence-electron chi connectivity index (χ1n) is 6.08. The Morgan fingerprint density at radius 2 is 2.16 bits per heavy atom. The van der Waals surface area contributed by atoms with Gasteiger partial charge in [0.25, 0.3) is 0 Å². The fraction of sp³-hybridized carbons (Fsp3) is 0.286. The van der Waals surface area contributed by atoms with Gasteiger partial charge in [-0.05, 0) is 19.1 Å². The largest absolute Gasteiger partial charge is 0.481 e. The number of rotatable bonds is 5. The molecule has 1 aromatic carbocycles. The Bertz CT molecular complexity index is 596. The van der Waals surface area contributed by atoms with Crippen LogP contribution in [0.5, 0.6) is 0 Å². The topological polar surface area (TPSA) is 82.5 Å². The second-order valence-electron chi connectivity index (χ2n) is 4.48. The van der Waals surface area contributed by atoms with Gasteiger partial charge in [-0.25, -0.2) is 0 Å². The summed E-state index contributed by atoms with van der Waals surface area (Å²) in [4.78, 5) is 15.1. The third-order valence-corrected chi connectivity index (χ3v) is 2.69. The van der Waals surface area contributed by atoms with Crippen LogP contribution in [0.25, 0.3) is 10.9 Å². The molecule has 0 amide bonds. The molecule has 0 saturated heterocycles. The number of para-hydroxylation sites is 1. The van der Waals surface area contributed by atoms with Crippen molar-refractivity contribution < 1.29 is 15.0 Å². The van der Waals surface area contributed by atoms with Gasteiger partial charge in [-0.3, -0.25) is 9.78 Å². The number of hydrogen-bond acceptors (Lipinski definition) is 4. The molecule has 0 aliphatic carbocycles. The summed E-state index contributed by atoms with van der Waals surface area (Å²) in [6, 6.07) is 9.23. The number of anilines is 1. The van der Waals surface area contributed by atoms with Crippen LogP contribution < -0.4 is 5.32 Å². The number of nitrogens with one attached hydrogen (secondary N) is 1. The monoisotopic (exact) mass is 260 g/mol. The molecule has 2 aromatic rings. The summed E-state index contributed by atoms with van der Waals surface area (Å²) in [5.41, 5.74) is 2.04. The number of benzene rings is 1. The maximum Gasteiger partial charge on any atom is 0.309 e. The van der Waals surface area contributed by atoms with Crippen LogP contribution in [-0.2, 0) is 11.2 Å². The molecule has 0 aliphatic rings. The van der Waals surface area contributed by atoms with E-state index in [1.165, 1.54) is 0 Å². The average Bonchev–Trinajstić information content (AvgIpc) is 2.35. The number of hydrogen-bond donors (Lipinski definition) is 3. The highest BCUT2D eigenvalue weighted by molar-refractivity contribution is 5.91. The van der Waals surface area contributed by atoms with E-state index >= 15 is 0 Å². The number of aliphatic hydroxyl groups excluding tert-OH is 1. The smallest absolute Gasteiger partial charge is 0.309 e. The van der Waals surface area contributed by atoms with E-state index in [1.807, 2.05) is 24.3 Å². The van der Waals surface area contributed by atoms with Gasteiger partial charge in [0.05, 0.1) is 23.7 Å². The summed E-state index contributed by atoms with van der Waals surface area (Å²) in [6.45, 7) is 2.09. The minimum Gasteiger partial charge on any atom is -0.481 e. The number of aromatic nitrogens is 1. The lowest BCUT2D eigenvalue weighted by molar-refractivity contribution is -0.136. The quantitative estimate of drug-likeness (QED) is 0.761. The van der Waals surface area contributed by atoms with Gasteiger partial charge in [-0.1, -0.05) is 18.2 Å². The highest BCUT2D eigenvalue weighted by atomic mass is 16.4. The van der Waals surface area contributed by atoms with E-state index < -0.39 is 12.1 Å². The Labute approximate surface area is 110 Å². The molecule has 19 heavy (non-hydrogen) atoms. The second kappa shape index (κ2) is 5.67. The number of carboxylic acids is 1. The summed E-state index contributed by atoms with van der Waals surface area (Å²) in [6.07, 6.45) is -0.594. The van der Waals surface area contributed by atoms with Gasteiger partial charge in [0.2, 0.25) is 0 Å². The average molecular weight is 260 g/mol. The zero-order valence-electron chi connectivity index (χ0n) is 10.6. The molecule has 2 rings (SSSR count). The molecule has 5 heteroatoms. The summed E-state index contributed by atoms with van der Waals surface area (Å²) >= 11 is 0. The third-order valence-electron chi connectivity index (χ3n) is 2.69. The normalized spacial score (nSPS) is 12.3. The van der Waals surface area contributed by atoms with Crippen LogP contribution in [0.3, 0.4) is 0 Å². The van der Waals surface area contributed by atoms with Crippen molar-refractivity contribution in [2.24, 2.45) is 0 Å². The first kappa shape index (κ1) is 13.3. The predicted molar refractivity (Wildman–Crippen MR) is 73.3 cm³/mol. The number of aliphatic carboxylic acids is 1. The van der Waals surface area contributed by atoms with Crippen molar-refractivity contribution in [2.45, 2.75) is 19.4 Å². The number of carbonyl (C=O) groups is 1. The van der Waals surface area contributed by atoms with Gasteiger partial charge >= 0.3 is 5.97 Å². The SMILES string of the molecule is CC(O)CNc1cc(CC(=O)O)nc2ccccc12. The van der Waals surface area contributed by atoms with Crippen molar-refractivity contribution >= 4 is 22.6 Å². The Morgan fingerprint density at radius 3 is 2.84 bits per heavy atom. The Kier molecular flexibility index (Phi) is 3.97. The van der Waals surface area contributed by atoms with Crippen LogP contribution in [0.2, 0.25) is 0 Å². The van der Waals surface area contributed by atoms with Gasteiger partial charge in [0, 0.05) is 17.6 Å². The zero-order valence-corrected chi connectivity index (χ0v) is 10.6. The lowest BCUT2D eigenvalue weighted by atomic mass is 10.1. The summed E-state index contributed by atoms with van der Waals surface area (Å²) in [5.74, 6) is -0.913. The minimum absolute atomic E-state index is 0.117. The van der Waals surface area contributed by atoms with Crippen molar-refractivity contribution in [3.05, 3.63) is 36.0 Å². The van der Waals surface area contributed by atoms with E-state index in [-0.39, 0.29) is 6.42 Å². The third kappa shape index (κ3) is 3.42. The first-order chi connectivity index (χ1) is 9.06. The van der Waals surface area contributed by atoms with Gasteiger partial charge in [-0.2, -0.15) is 0 Å². The molecule has 0 bridgehead atoms. The van der Waals surface area contributed by atoms with Crippen molar-refractivity contribution in [3.63, 3.8) is 0 Å². The van der Waals surface area contributed by atoms with Crippen molar-refractivity contribution in [2.75, 3.05) is 11.9 Å². The molecule has 0 aliphatic heterocycles. The van der Waals surface area contributed by atoms with Gasteiger partial charge in [0.1, 0.15) is 0 Å². The number of carboxylic acid groups (broad SMARTS) is 1. The van der Waals surface area contributed by atoms with E-state index in [4.69, 9.17) is 5.11 Å². The molecule has 1 aromatic heterocycles. The molecule has 1 heterocycles. The molecular weight excluding hydrogens is 244 g/mol. The minimum atomic E-state index is -0.913. The summed E-state index contributed by atoms with van der Waals surface area (Å²) in [7, 11) is 0. The maximum atomic E-state index is 10.8. The Morgan fingerprint density at radius 1 is 1.42 bits per heavy atom. The molecule has 0 spiro atoms. The number of fused-ring (bicyclic) bond motifs is 1. The molecule has 3 N–H and O–H groups in total. The van der Waals surface area contributed by atoms with Crippen LogP contribution in [0.1, 0.15) is 12.6 Å². The predicted octanol–water partition coefficient (Wildman–Crippen LogP) is 1.65. The van der Waals surface area contributed by atoms with Crippen LogP contribution in [0, 0.1) is 0 Å². The lowest BCUT2D eigenvalue weighted by Gasteiger charge is -2.12. The molecule has 1 unspecified atom stereocenters. The zero-order chi connectivity index (χ0) is 13.8. The molecule has 5 nitrogen and oxygen atoms in total. The second-order valence-corrected chi connectivity index (χ2v) is 4.48. The summed E-state index contributed by atoms with van der Waals surface area (Å²) in [5, 5.41) is 22.2. The fourth-order valence-electron chi connectivity index (χ4n) is 1.88. The van der Waals surface area contributed by atoms with Crippen molar-refractivity contribution in [1.82, 2.24) is 4.98 Å². The van der Waals surface area contributed by atoms with Crippen LogP contribution >= 0.6 is 0 Å². The van der Waals surface area contributed by atoms with Crippen LogP contribution in [0.4, 0.5) is 5.69 Å². The van der Waals surface area contributed by atoms with Crippen LogP contribution in [0.15, 0.2) is 30.3 Å². The van der Waals surface area contributed by atoms with E-state index in [1.54, 1.807) is 13.0 Å².